The van der Waals surface area contributed by atoms with E-state index in [0.29, 0.717) is 11.8 Å². The van der Waals surface area contributed by atoms with Gasteiger partial charge in [-0.15, -0.1) is 0 Å². The van der Waals surface area contributed by atoms with E-state index in [-0.39, 0.29) is 12.3 Å². The largest absolute Gasteiger partial charge is 0.479 e. The molecule has 0 unspecified atom stereocenters. The monoisotopic (exact) mass is 356 g/mol. The quantitative estimate of drug-likeness (QED) is 0.890. The molecule has 0 fully saturated rings. The van der Waals surface area contributed by atoms with Gasteiger partial charge in [-0.05, 0) is 36.4 Å². The first-order valence-corrected chi connectivity index (χ1v) is 8.01. The number of sulfonamides is 1. The van der Waals surface area contributed by atoms with Crippen molar-refractivity contribution >= 4 is 15.7 Å². The van der Waals surface area contributed by atoms with E-state index in [4.69, 9.17) is 10.00 Å². The predicted molar refractivity (Wildman–Crippen MR) is 79.8 cm³/mol. The number of halogens is 3. The highest BCUT2D eigenvalue weighted by atomic mass is 32.2. The first-order valence-electron chi connectivity index (χ1n) is 6.53. The van der Waals surface area contributed by atoms with Crippen molar-refractivity contribution in [1.29, 1.82) is 5.26 Å². The van der Waals surface area contributed by atoms with Crippen LogP contribution in [0.1, 0.15) is 5.56 Å². The SMILES string of the molecule is N#CCOc1ccc(NS(=O)(=O)c2ccccc2C(F)(F)F)cc1. The zero-order valence-electron chi connectivity index (χ0n) is 12.0. The van der Waals surface area contributed by atoms with Crippen LogP contribution in [0.4, 0.5) is 18.9 Å². The van der Waals surface area contributed by atoms with Gasteiger partial charge in [0.25, 0.3) is 10.0 Å². The molecule has 0 saturated heterocycles. The summed E-state index contributed by atoms with van der Waals surface area (Å²) in [6, 6.07) is 11.1. The van der Waals surface area contributed by atoms with E-state index in [0.717, 1.165) is 12.1 Å². The van der Waals surface area contributed by atoms with E-state index in [1.165, 1.54) is 30.3 Å². The number of nitrogens with one attached hydrogen (secondary N) is 1. The van der Waals surface area contributed by atoms with Crippen LogP contribution in [0.25, 0.3) is 0 Å². The molecule has 0 aliphatic carbocycles. The number of hydrogen-bond donors (Lipinski definition) is 1. The fourth-order valence-electron chi connectivity index (χ4n) is 1.88. The van der Waals surface area contributed by atoms with Crippen LogP contribution in [0.15, 0.2) is 53.4 Å². The maximum Gasteiger partial charge on any atom is 0.417 e. The lowest BCUT2D eigenvalue weighted by Gasteiger charge is -2.14. The molecule has 0 bridgehead atoms. The molecule has 0 atom stereocenters. The summed E-state index contributed by atoms with van der Waals surface area (Å²) in [5, 5.41) is 8.39. The van der Waals surface area contributed by atoms with Crippen molar-refractivity contribution < 1.29 is 26.3 Å². The molecule has 5 nitrogen and oxygen atoms in total. The van der Waals surface area contributed by atoms with Crippen LogP contribution in [-0.4, -0.2) is 15.0 Å². The Morgan fingerprint density at radius 2 is 1.71 bits per heavy atom. The summed E-state index contributed by atoms with van der Waals surface area (Å²) in [5.74, 6) is 0.329. The Hall–Kier alpha value is -2.73. The highest BCUT2D eigenvalue weighted by molar-refractivity contribution is 7.92. The molecule has 9 heteroatoms. The Balaban J connectivity index is 2.28. The van der Waals surface area contributed by atoms with Crippen LogP contribution in [-0.2, 0) is 16.2 Å². The van der Waals surface area contributed by atoms with Gasteiger partial charge in [0.2, 0.25) is 0 Å². The zero-order chi connectivity index (χ0) is 17.8. The number of hydrogen-bond acceptors (Lipinski definition) is 4. The molecule has 1 N–H and O–H groups in total. The molecule has 0 radical (unpaired) electrons. The molecule has 0 aliphatic heterocycles. The molecule has 24 heavy (non-hydrogen) atoms. The fourth-order valence-corrected chi connectivity index (χ4v) is 3.17. The molecule has 0 heterocycles. The minimum absolute atomic E-state index is 0.0660. The summed E-state index contributed by atoms with van der Waals surface area (Å²) < 4.78 is 70.4. The fraction of sp³-hybridized carbons (Fsp3) is 0.133. The van der Waals surface area contributed by atoms with E-state index in [1.807, 2.05) is 0 Å². The van der Waals surface area contributed by atoms with Gasteiger partial charge >= 0.3 is 6.18 Å². The second kappa shape index (κ2) is 6.80. The molecule has 0 aromatic heterocycles. The van der Waals surface area contributed by atoms with Gasteiger partial charge < -0.3 is 4.74 Å². The minimum Gasteiger partial charge on any atom is -0.479 e. The van der Waals surface area contributed by atoms with Gasteiger partial charge in [-0.1, -0.05) is 12.1 Å². The molecule has 0 spiro atoms. The third-order valence-corrected chi connectivity index (χ3v) is 4.33. The molecule has 2 aromatic carbocycles. The maximum absolute atomic E-state index is 13.0. The van der Waals surface area contributed by atoms with Crippen LogP contribution >= 0.6 is 0 Å². The normalized spacial score (nSPS) is 11.6. The number of nitriles is 1. The number of benzene rings is 2. The molecule has 2 aromatic rings. The van der Waals surface area contributed by atoms with Crippen molar-refractivity contribution in [3.63, 3.8) is 0 Å². The van der Waals surface area contributed by atoms with E-state index >= 15 is 0 Å². The van der Waals surface area contributed by atoms with Crippen LogP contribution in [0.3, 0.4) is 0 Å². The molecular formula is C15H11F3N2O3S. The average molecular weight is 356 g/mol. The van der Waals surface area contributed by atoms with Crippen molar-refractivity contribution in [3.05, 3.63) is 54.1 Å². The van der Waals surface area contributed by atoms with E-state index in [2.05, 4.69) is 4.72 Å². The Labute approximate surface area is 136 Å². The van der Waals surface area contributed by atoms with Gasteiger partial charge in [-0.25, -0.2) is 8.42 Å². The smallest absolute Gasteiger partial charge is 0.417 e. The Kier molecular flexibility index (Phi) is 4.99. The summed E-state index contributed by atoms with van der Waals surface area (Å²) in [4.78, 5) is -0.859. The third-order valence-electron chi connectivity index (χ3n) is 2.89. The molecule has 126 valence electrons. The summed E-state index contributed by atoms with van der Waals surface area (Å²) in [6.45, 7) is -0.177. The van der Waals surface area contributed by atoms with Crippen molar-refractivity contribution in [2.45, 2.75) is 11.1 Å². The number of nitrogens with zero attached hydrogens (tertiary/aromatic N) is 1. The van der Waals surface area contributed by atoms with Gasteiger partial charge in [0.05, 0.1) is 10.5 Å². The summed E-state index contributed by atoms with van der Waals surface area (Å²) in [6.07, 6.45) is -4.79. The van der Waals surface area contributed by atoms with E-state index in [9.17, 15) is 21.6 Å². The Morgan fingerprint density at radius 3 is 2.29 bits per heavy atom. The first kappa shape index (κ1) is 17.6. The first-order chi connectivity index (χ1) is 11.2. The topological polar surface area (TPSA) is 79.2 Å². The molecule has 0 saturated carbocycles. The number of rotatable bonds is 5. The highest BCUT2D eigenvalue weighted by Crippen LogP contribution is 2.34. The summed E-state index contributed by atoms with van der Waals surface area (Å²) in [5.41, 5.74) is -1.18. The van der Waals surface area contributed by atoms with Crippen molar-refractivity contribution in [2.24, 2.45) is 0 Å². The second-order valence-electron chi connectivity index (χ2n) is 4.57. The minimum atomic E-state index is -4.79. The molecule has 2 rings (SSSR count). The lowest BCUT2D eigenvalue weighted by molar-refractivity contribution is -0.139. The zero-order valence-corrected chi connectivity index (χ0v) is 12.9. The summed E-state index contributed by atoms with van der Waals surface area (Å²) in [7, 11) is -4.42. The van der Waals surface area contributed by atoms with Crippen molar-refractivity contribution in [2.75, 3.05) is 11.3 Å². The van der Waals surface area contributed by atoms with Crippen LogP contribution < -0.4 is 9.46 Å². The van der Waals surface area contributed by atoms with E-state index in [1.54, 1.807) is 6.07 Å². The van der Waals surface area contributed by atoms with Crippen molar-refractivity contribution in [3.8, 4) is 11.8 Å². The van der Waals surface area contributed by atoms with Gasteiger partial charge in [0.15, 0.2) is 6.61 Å². The number of anilines is 1. The van der Waals surface area contributed by atoms with Crippen molar-refractivity contribution in [1.82, 2.24) is 0 Å². The third kappa shape index (κ3) is 4.17. The molecule has 0 amide bonds. The Morgan fingerprint density at radius 1 is 1.08 bits per heavy atom. The number of alkyl halides is 3. The van der Waals surface area contributed by atoms with Crippen LogP contribution in [0, 0.1) is 11.3 Å². The molecule has 0 aliphatic rings. The lowest BCUT2D eigenvalue weighted by Crippen LogP contribution is -2.18. The molecular weight excluding hydrogens is 345 g/mol. The Bertz CT molecular complexity index is 857. The van der Waals surface area contributed by atoms with Gasteiger partial charge in [-0.2, -0.15) is 18.4 Å². The van der Waals surface area contributed by atoms with Crippen LogP contribution in [0.5, 0.6) is 5.75 Å². The van der Waals surface area contributed by atoms with Crippen LogP contribution in [0.2, 0.25) is 0 Å². The van der Waals surface area contributed by atoms with Gasteiger partial charge in [-0.3, -0.25) is 4.72 Å². The number of ether oxygens (including phenoxy) is 1. The highest BCUT2D eigenvalue weighted by Gasteiger charge is 2.36. The second-order valence-corrected chi connectivity index (χ2v) is 6.22. The summed E-state index contributed by atoms with van der Waals surface area (Å²) >= 11 is 0. The maximum atomic E-state index is 13.0. The van der Waals surface area contributed by atoms with E-state index < -0.39 is 26.7 Å². The standard InChI is InChI=1S/C15H11F3N2O3S/c16-15(17,18)13-3-1-2-4-14(13)24(21,22)20-11-5-7-12(8-6-11)23-10-9-19/h1-8,20H,10H2. The van der Waals surface area contributed by atoms with Gasteiger partial charge in [0, 0.05) is 5.69 Å². The lowest BCUT2D eigenvalue weighted by atomic mass is 10.2. The average Bonchev–Trinajstić information content (AvgIpc) is 2.53. The van der Waals surface area contributed by atoms with Gasteiger partial charge in [0.1, 0.15) is 11.8 Å². The predicted octanol–water partition coefficient (Wildman–Crippen LogP) is 3.41.